The van der Waals surface area contributed by atoms with Gasteiger partial charge in [-0.2, -0.15) is 0 Å². The summed E-state index contributed by atoms with van der Waals surface area (Å²) >= 11 is 1.80. The Labute approximate surface area is 96.7 Å². The Morgan fingerprint density at radius 2 is 1.93 bits per heavy atom. The molecular formula is C13H9SSi. The van der Waals surface area contributed by atoms with E-state index in [1.165, 1.54) is 21.6 Å². The number of benzene rings is 1. The Kier molecular flexibility index (Phi) is 2.11. The third-order valence-corrected chi connectivity index (χ3v) is 4.28. The minimum absolute atomic E-state index is 0.347. The summed E-state index contributed by atoms with van der Waals surface area (Å²) in [4.78, 5) is 1.35. The molecule has 2 aromatic rings. The number of hydrogen-bond acceptors (Lipinski definition) is 1. The van der Waals surface area contributed by atoms with Gasteiger partial charge in [0.05, 0.1) is 0 Å². The van der Waals surface area contributed by atoms with Gasteiger partial charge in [-0.05, 0) is 39.8 Å². The van der Waals surface area contributed by atoms with Crippen LogP contribution in [0.5, 0.6) is 0 Å². The standard InChI is InChI=1S/C13H9SSi/c15-13-10-5-2-1-4-9(10)8-11(13)12-6-3-7-14-12/h1-8,13H. The largest absolute Gasteiger partial charge is 0.144 e. The molecule has 0 saturated heterocycles. The lowest BCUT2D eigenvalue weighted by Gasteiger charge is -2.08. The van der Waals surface area contributed by atoms with Crippen molar-refractivity contribution in [1.29, 1.82) is 0 Å². The third kappa shape index (κ3) is 1.41. The van der Waals surface area contributed by atoms with Crippen LogP contribution in [-0.2, 0) is 0 Å². The zero-order valence-corrected chi connectivity index (χ0v) is 9.92. The van der Waals surface area contributed by atoms with Crippen molar-refractivity contribution in [3.8, 4) is 0 Å². The molecule has 0 fully saturated rings. The van der Waals surface area contributed by atoms with E-state index in [1.807, 2.05) is 0 Å². The second kappa shape index (κ2) is 3.47. The van der Waals surface area contributed by atoms with Gasteiger partial charge in [0.15, 0.2) is 0 Å². The second-order valence-electron chi connectivity index (χ2n) is 3.64. The lowest BCUT2D eigenvalue weighted by atomic mass is 10.1. The second-order valence-corrected chi connectivity index (χ2v) is 5.16. The highest BCUT2D eigenvalue weighted by Crippen LogP contribution is 2.40. The molecule has 0 spiro atoms. The average Bonchev–Trinajstić information content (AvgIpc) is 2.87. The van der Waals surface area contributed by atoms with Gasteiger partial charge in [-0.3, -0.25) is 0 Å². The molecule has 1 unspecified atom stereocenters. The van der Waals surface area contributed by atoms with Crippen LogP contribution in [0.15, 0.2) is 41.8 Å². The summed E-state index contributed by atoms with van der Waals surface area (Å²) in [5.41, 5.74) is 4.43. The Morgan fingerprint density at radius 1 is 1.07 bits per heavy atom. The molecule has 0 aliphatic heterocycles. The molecule has 3 radical (unpaired) electrons. The van der Waals surface area contributed by atoms with Crippen molar-refractivity contribution in [3.63, 3.8) is 0 Å². The van der Waals surface area contributed by atoms with E-state index in [9.17, 15) is 0 Å². The fourth-order valence-electron chi connectivity index (χ4n) is 1.98. The molecule has 0 N–H and O–H groups in total. The first-order valence-corrected chi connectivity index (χ1v) is 6.37. The number of thiophene rings is 1. The molecule has 1 heterocycles. The van der Waals surface area contributed by atoms with Crippen molar-refractivity contribution in [2.24, 2.45) is 0 Å². The topological polar surface area (TPSA) is 0 Å². The summed E-state index contributed by atoms with van der Waals surface area (Å²) in [6.07, 6.45) is 2.28. The molecule has 1 aromatic carbocycles. The SMILES string of the molecule is [Si]C1C(c2cccs2)=Cc2ccccc21. The fraction of sp³-hybridized carbons (Fsp3) is 0.0769. The molecular weight excluding hydrogens is 216 g/mol. The van der Waals surface area contributed by atoms with E-state index in [-0.39, 0.29) is 0 Å². The Hall–Kier alpha value is -1.12. The molecule has 0 amide bonds. The fourth-order valence-corrected chi connectivity index (χ4v) is 3.36. The molecule has 3 rings (SSSR count). The van der Waals surface area contributed by atoms with Crippen molar-refractivity contribution in [3.05, 3.63) is 57.8 Å². The lowest BCUT2D eigenvalue weighted by Crippen LogP contribution is -1.95. The minimum Gasteiger partial charge on any atom is -0.144 e. The monoisotopic (exact) mass is 225 g/mol. The number of fused-ring (bicyclic) bond motifs is 1. The number of hydrogen-bond donors (Lipinski definition) is 0. The predicted molar refractivity (Wildman–Crippen MR) is 67.1 cm³/mol. The van der Waals surface area contributed by atoms with Crippen LogP contribution in [0, 0.1) is 0 Å². The number of allylic oxidation sites excluding steroid dienone is 1. The maximum absolute atomic E-state index is 3.82. The van der Waals surface area contributed by atoms with Crippen LogP contribution in [0.4, 0.5) is 0 Å². The summed E-state index contributed by atoms with van der Waals surface area (Å²) in [6.45, 7) is 0. The van der Waals surface area contributed by atoms with E-state index in [1.54, 1.807) is 11.3 Å². The van der Waals surface area contributed by atoms with Crippen LogP contribution in [-0.4, -0.2) is 10.2 Å². The molecule has 1 aliphatic rings. The number of rotatable bonds is 1. The van der Waals surface area contributed by atoms with Crippen molar-refractivity contribution < 1.29 is 0 Å². The predicted octanol–water partition coefficient (Wildman–Crippen LogP) is 3.51. The normalized spacial score (nSPS) is 18.7. The molecule has 2 heteroatoms. The Bertz CT molecular complexity index is 511. The van der Waals surface area contributed by atoms with E-state index < -0.39 is 0 Å². The van der Waals surface area contributed by atoms with E-state index in [4.69, 9.17) is 0 Å². The van der Waals surface area contributed by atoms with Crippen LogP contribution in [0.1, 0.15) is 21.5 Å². The Morgan fingerprint density at radius 3 is 2.67 bits per heavy atom. The molecule has 1 aliphatic carbocycles. The highest BCUT2D eigenvalue weighted by atomic mass is 32.1. The molecule has 0 saturated carbocycles. The molecule has 0 bridgehead atoms. The third-order valence-electron chi connectivity index (χ3n) is 2.73. The van der Waals surface area contributed by atoms with Gasteiger partial charge in [0.25, 0.3) is 0 Å². The van der Waals surface area contributed by atoms with Crippen molar-refractivity contribution in [1.82, 2.24) is 0 Å². The first kappa shape index (κ1) is 9.13. The summed E-state index contributed by atoms with van der Waals surface area (Å²) in [7, 11) is 3.82. The van der Waals surface area contributed by atoms with Crippen LogP contribution in [0.25, 0.3) is 11.6 Å². The summed E-state index contributed by atoms with van der Waals surface area (Å²) in [5, 5.41) is 2.12. The van der Waals surface area contributed by atoms with Crippen LogP contribution >= 0.6 is 11.3 Å². The van der Waals surface area contributed by atoms with Gasteiger partial charge in [0.2, 0.25) is 0 Å². The highest BCUT2D eigenvalue weighted by Gasteiger charge is 2.22. The molecule has 1 aromatic heterocycles. The summed E-state index contributed by atoms with van der Waals surface area (Å²) < 4.78 is 0. The van der Waals surface area contributed by atoms with Gasteiger partial charge in [-0.15, -0.1) is 11.3 Å². The van der Waals surface area contributed by atoms with Gasteiger partial charge in [0.1, 0.15) is 0 Å². The first-order valence-electron chi connectivity index (χ1n) is 4.92. The first-order chi connectivity index (χ1) is 7.36. The lowest BCUT2D eigenvalue weighted by molar-refractivity contribution is 1.27. The zero-order valence-electron chi connectivity index (χ0n) is 8.10. The smallest absolute Gasteiger partial charge is 0.0397 e. The molecule has 71 valence electrons. The molecule has 0 nitrogen and oxygen atoms in total. The summed E-state index contributed by atoms with van der Waals surface area (Å²) in [6, 6.07) is 12.8. The van der Waals surface area contributed by atoms with Gasteiger partial charge < -0.3 is 0 Å². The van der Waals surface area contributed by atoms with E-state index in [2.05, 4.69) is 58.1 Å². The average molecular weight is 225 g/mol. The van der Waals surface area contributed by atoms with Gasteiger partial charge in [-0.1, -0.05) is 30.3 Å². The van der Waals surface area contributed by atoms with Crippen LogP contribution in [0.2, 0.25) is 0 Å². The van der Waals surface area contributed by atoms with E-state index in [0.29, 0.717) is 5.54 Å². The zero-order chi connectivity index (χ0) is 10.3. The van der Waals surface area contributed by atoms with E-state index in [0.717, 1.165) is 0 Å². The summed E-state index contributed by atoms with van der Waals surface area (Å²) in [5.74, 6) is 0. The molecule has 1 atom stereocenters. The quantitative estimate of drug-likeness (QED) is 0.652. The molecule has 15 heavy (non-hydrogen) atoms. The van der Waals surface area contributed by atoms with Crippen molar-refractivity contribution in [2.45, 2.75) is 5.54 Å². The van der Waals surface area contributed by atoms with Crippen molar-refractivity contribution in [2.75, 3.05) is 0 Å². The van der Waals surface area contributed by atoms with Crippen LogP contribution in [0.3, 0.4) is 0 Å². The van der Waals surface area contributed by atoms with E-state index >= 15 is 0 Å². The minimum atomic E-state index is 0.347. The highest BCUT2D eigenvalue weighted by molar-refractivity contribution is 7.11. The van der Waals surface area contributed by atoms with Gasteiger partial charge >= 0.3 is 0 Å². The van der Waals surface area contributed by atoms with Gasteiger partial charge in [-0.25, -0.2) is 0 Å². The van der Waals surface area contributed by atoms with Crippen molar-refractivity contribution >= 4 is 33.2 Å². The van der Waals surface area contributed by atoms with Gasteiger partial charge in [0, 0.05) is 15.1 Å². The maximum atomic E-state index is 3.82. The van der Waals surface area contributed by atoms with Crippen LogP contribution < -0.4 is 0 Å². The maximum Gasteiger partial charge on any atom is 0.0397 e. The Balaban J connectivity index is 2.11.